The van der Waals surface area contributed by atoms with Gasteiger partial charge in [0.05, 0.1) is 6.26 Å². The van der Waals surface area contributed by atoms with Crippen molar-refractivity contribution in [1.82, 2.24) is 9.38 Å². The largest absolute Gasteiger partial charge is 0.463 e. The summed E-state index contributed by atoms with van der Waals surface area (Å²) in [6.07, 6.45) is 5.56. The summed E-state index contributed by atoms with van der Waals surface area (Å²) in [5, 5.41) is 0. The molecule has 0 aliphatic rings. The zero-order valence-electron chi connectivity index (χ0n) is 7.72. The molecule has 3 nitrogen and oxygen atoms in total. The normalized spacial score (nSPS) is 11.0. The molecule has 0 aliphatic carbocycles. The van der Waals surface area contributed by atoms with Crippen LogP contribution in [-0.2, 0) is 0 Å². The van der Waals surface area contributed by atoms with Crippen LogP contribution >= 0.6 is 15.9 Å². The van der Waals surface area contributed by atoms with Gasteiger partial charge in [-0.2, -0.15) is 0 Å². The van der Waals surface area contributed by atoms with Gasteiger partial charge in [-0.1, -0.05) is 0 Å². The maximum absolute atomic E-state index is 5.29. The molecular weight excluding hydrogens is 256 g/mol. The Morgan fingerprint density at radius 1 is 1.20 bits per heavy atom. The van der Waals surface area contributed by atoms with Gasteiger partial charge in [-0.25, -0.2) is 4.98 Å². The van der Waals surface area contributed by atoms with Crippen LogP contribution in [0.3, 0.4) is 0 Å². The number of pyridine rings is 1. The van der Waals surface area contributed by atoms with Crippen LogP contribution in [0, 0.1) is 0 Å². The van der Waals surface area contributed by atoms with Gasteiger partial charge in [0.2, 0.25) is 0 Å². The number of aromatic nitrogens is 2. The molecule has 0 unspecified atom stereocenters. The van der Waals surface area contributed by atoms with Crippen molar-refractivity contribution in [3.63, 3.8) is 0 Å². The number of furan rings is 1. The van der Waals surface area contributed by atoms with Crippen LogP contribution in [0.5, 0.6) is 0 Å². The Balaban J connectivity index is 2.22. The van der Waals surface area contributed by atoms with Crippen molar-refractivity contribution < 1.29 is 4.42 Å². The van der Waals surface area contributed by atoms with Crippen molar-refractivity contribution >= 4 is 21.6 Å². The third kappa shape index (κ3) is 1.47. The van der Waals surface area contributed by atoms with Crippen LogP contribution in [0.2, 0.25) is 0 Å². The lowest BCUT2D eigenvalue weighted by atomic mass is 10.4. The predicted molar refractivity (Wildman–Crippen MR) is 60.6 cm³/mol. The van der Waals surface area contributed by atoms with Crippen LogP contribution in [0.15, 0.2) is 51.8 Å². The zero-order valence-corrected chi connectivity index (χ0v) is 9.31. The van der Waals surface area contributed by atoms with E-state index in [1.54, 1.807) is 6.26 Å². The SMILES string of the molecule is Brc1ccc2nc(-c3ccco3)cn2c1. The number of fused-ring (bicyclic) bond motifs is 1. The fourth-order valence-electron chi connectivity index (χ4n) is 1.51. The minimum atomic E-state index is 0.787. The van der Waals surface area contributed by atoms with Gasteiger partial charge in [0, 0.05) is 16.9 Å². The Bertz CT molecular complexity index is 598. The van der Waals surface area contributed by atoms with Crippen molar-refractivity contribution in [2.75, 3.05) is 0 Å². The van der Waals surface area contributed by atoms with Gasteiger partial charge >= 0.3 is 0 Å². The van der Waals surface area contributed by atoms with E-state index in [4.69, 9.17) is 4.42 Å². The van der Waals surface area contributed by atoms with Crippen molar-refractivity contribution in [3.8, 4) is 11.5 Å². The molecule has 0 N–H and O–H groups in total. The molecule has 3 rings (SSSR count). The highest BCUT2D eigenvalue weighted by Gasteiger charge is 2.05. The standard InChI is InChI=1S/C11H7BrN2O/c12-8-3-4-11-13-9(7-14(11)6-8)10-2-1-5-15-10/h1-7H. The molecule has 0 spiro atoms. The average Bonchev–Trinajstić information content (AvgIpc) is 2.84. The molecule has 0 amide bonds. The fraction of sp³-hybridized carbons (Fsp3) is 0. The smallest absolute Gasteiger partial charge is 0.153 e. The maximum Gasteiger partial charge on any atom is 0.153 e. The molecule has 0 atom stereocenters. The molecular formula is C11H7BrN2O. The summed E-state index contributed by atoms with van der Waals surface area (Å²) >= 11 is 3.42. The molecule has 15 heavy (non-hydrogen) atoms. The summed E-state index contributed by atoms with van der Waals surface area (Å²) in [4.78, 5) is 4.44. The number of hydrogen-bond donors (Lipinski definition) is 0. The number of rotatable bonds is 1. The van der Waals surface area contributed by atoms with Crippen molar-refractivity contribution in [1.29, 1.82) is 0 Å². The Morgan fingerprint density at radius 2 is 2.13 bits per heavy atom. The molecule has 3 aromatic heterocycles. The summed E-state index contributed by atoms with van der Waals surface area (Å²) in [7, 11) is 0. The zero-order chi connectivity index (χ0) is 10.3. The third-order valence-electron chi connectivity index (χ3n) is 2.19. The van der Waals surface area contributed by atoms with E-state index in [2.05, 4.69) is 20.9 Å². The highest BCUT2D eigenvalue weighted by molar-refractivity contribution is 9.10. The first-order chi connectivity index (χ1) is 7.33. The molecule has 0 aromatic carbocycles. The molecule has 3 heterocycles. The van der Waals surface area contributed by atoms with Crippen molar-refractivity contribution in [2.45, 2.75) is 0 Å². The van der Waals surface area contributed by atoms with Crippen LogP contribution in [0.1, 0.15) is 0 Å². The molecule has 0 radical (unpaired) electrons. The Hall–Kier alpha value is -1.55. The molecule has 3 aromatic rings. The number of halogens is 1. The number of hydrogen-bond acceptors (Lipinski definition) is 2. The molecule has 74 valence electrons. The average molecular weight is 263 g/mol. The molecule has 0 saturated carbocycles. The quantitative estimate of drug-likeness (QED) is 0.674. The van der Waals surface area contributed by atoms with Gasteiger partial charge in [-0.3, -0.25) is 0 Å². The molecule has 0 saturated heterocycles. The van der Waals surface area contributed by atoms with Gasteiger partial charge in [-0.15, -0.1) is 0 Å². The highest BCUT2D eigenvalue weighted by Crippen LogP contribution is 2.20. The predicted octanol–water partition coefficient (Wildman–Crippen LogP) is 3.36. The molecule has 4 heteroatoms. The first-order valence-corrected chi connectivity index (χ1v) is 5.30. The Labute approximate surface area is 94.5 Å². The monoisotopic (exact) mass is 262 g/mol. The second-order valence-electron chi connectivity index (χ2n) is 3.22. The summed E-state index contributed by atoms with van der Waals surface area (Å²) in [6.45, 7) is 0. The second-order valence-corrected chi connectivity index (χ2v) is 4.13. The van der Waals surface area contributed by atoms with E-state index in [1.165, 1.54) is 0 Å². The van der Waals surface area contributed by atoms with Gasteiger partial charge in [-0.05, 0) is 40.2 Å². The summed E-state index contributed by atoms with van der Waals surface area (Å²) in [5.41, 5.74) is 1.75. The van der Waals surface area contributed by atoms with Crippen molar-refractivity contribution in [3.05, 3.63) is 47.4 Å². The van der Waals surface area contributed by atoms with E-state index in [0.29, 0.717) is 0 Å². The van der Waals surface area contributed by atoms with Crippen LogP contribution in [0.4, 0.5) is 0 Å². The third-order valence-corrected chi connectivity index (χ3v) is 2.66. The first-order valence-electron chi connectivity index (χ1n) is 4.51. The maximum atomic E-state index is 5.29. The summed E-state index contributed by atoms with van der Waals surface area (Å²) in [5.74, 6) is 0.787. The van der Waals surface area contributed by atoms with E-state index in [1.807, 2.05) is 41.1 Å². The van der Waals surface area contributed by atoms with Crippen LogP contribution in [0.25, 0.3) is 17.1 Å². The lowest BCUT2D eigenvalue weighted by Crippen LogP contribution is -1.80. The van der Waals surface area contributed by atoms with E-state index in [-0.39, 0.29) is 0 Å². The van der Waals surface area contributed by atoms with Gasteiger partial charge < -0.3 is 8.82 Å². The van der Waals surface area contributed by atoms with Crippen molar-refractivity contribution in [2.24, 2.45) is 0 Å². The lowest BCUT2D eigenvalue weighted by molar-refractivity contribution is 0.580. The van der Waals surface area contributed by atoms with E-state index >= 15 is 0 Å². The number of nitrogens with zero attached hydrogens (tertiary/aromatic N) is 2. The fourth-order valence-corrected chi connectivity index (χ4v) is 1.86. The minimum absolute atomic E-state index is 0.787. The highest BCUT2D eigenvalue weighted by atomic mass is 79.9. The van der Waals surface area contributed by atoms with Crippen LogP contribution in [-0.4, -0.2) is 9.38 Å². The molecule has 0 fully saturated rings. The van der Waals surface area contributed by atoms with E-state index < -0.39 is 0 Å². The van der Waals surface area contributed by atoms with Gasteiger partial charge in [0.15, 0.2) is 5.76 Å². The van der Waals surface area contributed by atoms with Gasteiger partial charge in [0.25, 0.3) is 0 Å². The molecule has 0 bridgehead atoms. The Kier molecular flexibility index (Phi) is 1.89. The first kappa shape index (κ1) is 8.73. The Morgan fingerprint density at radius 3 is 2.93 bits per heavy atom. The van der Waals surface area contributed by atoms with E-state index in [9.17, 15) is 0 Å². The van der Waals surface area contributed by atoms with E-state index in [0.717, 1.165) is 21.6 Å². The minimum Gasteiger partial charge on any atom is -0.463 e. The summed E-state index contributed by atoms with van der Waals surface area (Å²) < 4.78 is 8.28. The lowest BCUT2D eigenvalue weighted by Gasteiger charge is -1.91. The van der Waals surface area contributed by atoms with Crippen LogP contribution < -0.4 is 0 Å². The topological polar surface area (TPSA) is 30.4 Å². The molecule has 0 aliphatic heterocycles. The summed E-state index contributed by atoms with van der Waals surface area (Å²) in [6, 6.07) is 7.68. The van der Waals surface area contributed by atoms with Gasteiger partial charge in [0.1, 0.15) is 11.3 Å². The second kappa shape index (κ2) is 3.24. The number of imidazole rings is 1.